The standard InChI is InChI=1S/C9H18N2O2S/c1-5-9(3,13-4)8(12)11-6(2)7(10)14/h6H,5H2,1-4H3,(H2,10,14)(H,11,12). The van der Waals surface area contributed by atoms with Gasteiger partial charge in [-0.15, -0.1) is 0 Å². The zero-order chi connectivity index (χ0) is 11.4. The Hall–Kier alpha value is -0.680. The fourth-order valence-corrected chi connectivity index (χ4v) is 0.877. The number of amides is 1. The molecule has 0 spiro atoms. The van der Waals surface area contributed by atoms with Crippen molar-refractivity contribution in [3.8, 4) is 0 Å². The molecular weight excluding hydrogens is 200 g/mol. The van der Waals surface area contributed by atoms with Gasteiger partial charge >= 0.3 is 0 Å². The van der Waals surface area contributed by atoms with Gasteiger partial charge in [0.05, 0.1) is 11.0 Å². The van der Waals surface area contributed by atoms with Crippen LogP contribution in [0, 0.1) is 0 Å². The van der Waals surface area contributed by atoms with E-state index >= 15 is 0 Å². The number of carbonyl (C=O) groups excluding carboxylic acids is 1. The van der Waals surface area contributed by atoms with E-state index in [0.29, 0.717) is 6.42 Å². The average molecular weight is 218 g/mol. The van der Waals surface area contributed by atoms with Crippen LogP contribution in [-0.2, 0) is 9.53 Å². The van der Waals surface area contributed by atoms with Crippen molar-refractivity contribution in [2.75, 3.05) is 7.11 Å². The number of ether oxygens (including phenoxy) is 1. The molecule has 0 saturated carbocycles. The topological polar surface area (TPSA) is 64.3 Å². The van der Waals surface area contributed by atoms with Gasteiger partial charge in [0.2, 0.25) is 0 Å². The van der Waals surface area contributed by atoms with E-state index in [9.17, 15) is 4.79 Å². The Labute approximate surface area is 90.2 Å². The summed E-state index contributed by atoms with van der Waals surface area (Å²) in [6.45, 7) is 5.36. The van der Waals surface area contributed by atoms with Crippen LogP contribution in [0.1, 0.15) is 27.2 Å². The van der Waals surface area contributed by atoms with Gasteiger partial charge in [0.15, 0.2) is 0 Å². The molecule has 0 rings (SSSR count). The largest absolute Gasteiger partial charge is 0.392 e. The van der Waals surface area contributed by atoms with Crippen molar-refractivity contribution in [3.63, 3.8) is 0 Å². The first kappa shape index (κ1) is 13.3. The van der Waals surface area contributed by atoms with Crippen LogP contribution in [0.3, 0.4) is 0 Å². The zero-order valence-electron chi connectivity index (χ0n) is 9.09. The van der Waals surface area contributed by atoms with Crippen LogP contribution in [0.15, 0.2) is 0 Å². The highest BCUT2D eigenvalue weighted by Gasteiger charge is 2.31. The second-order valence-corrected chi connectivity index (χ2v) is 3.86. The molecule has 4 nitrogen and oxygen atoms in total. The third-order valence-corrected chi connectivity index (χ3v) is 2.73. The number of methoxy groups -OCH3 is 1. The Balaban J connectivity index is 4.40. The predicted molar refractivity (Wildman–Crippen MR) is 60.1 cm³/mol. The number of carbonyl (C=O) groups is 1. The molecule has 5 heteroatoms. The molecule has 0 aliphatic rings. The van der Waals surface area contributed by atoms with E-state index in [1.54, 1.807) is 13.8 Å². The molecule has 0 aromatic rings. The van der Waals surface area contributed by atoms with E-state index < -0.39 is 5.60 Å². The maximum atomic E-state index is 11.7. The lowest BCUT2D eigenvalue weighted by Crippen LogP contribution is -2.51. The maximum Gasteiger partial charge on any atom is 0.252 e. The highest BCUT2D eigenvalue weighted by Crippen LogP contribution is 2.13. The molecule has 14 heavy (non-hydrogen) atoms. The Morgan fingerprint density at radius 2 is 2.21 bits per heavy atom. The van der Waals surface area contributed by atoms with Gasteiger partial charge in [0.1, 0.15) is 5.60 Å². The summed E-state index contributed by atoms with van der Waals surface area (Å²) in [4.78, 5) is 12.0. The zero-order valence-corrected chi connectivity index (χ0v) is 9.90. The summed E-state index contributed by atoms with van der Waals surface area (Å²) in [5.74, 6) is -0.192. The molecule has 0 aromatic carbocycles. The van der Waals surface area contributed by atoms with E-state index in [1.807, 2.05) is 6.92 Å². The molecule has 0 saturated heterocycles. The molecule has 0 heterocycles. The minimum atomic E-state index is -0.807. The van der Waals surface area contributed by atoms with Gasteiger partial charge < -0.3 is 15.8 Å². The van der Waals surface area contributed by atoms with E-state index in [-0.39, 0.29) is 16.9 Å². The first-order valence-corrected chi connectivity index (χ1v) is 4.93. The van der Waals surface area contributed by atoms with Crippen molar-refractivity contribution < 1.29 is 9.53 Å². The Morgan fingerprint density at radius 3 is 2.50 bits per heavy atom. The third-order valence-electron chi connectivity index (χ3n) is 2.38. The van der Waals surface area contributed by atoms with Crippen LogP contribution in [0.25, 0.3) is 0 Å². The monoisotopic (exact) mass is 218 g/mol. The Bertz CT molecular complexity index is 227. The molecule has 0 radical (unpaired) electrons. The smallest absolute Gasteiger partial charge is 0.252 e. The summed E-state index contributed by atoms with van der Waals surface area (Å²) < 4.78 is 5.13. The normalized spacial score (nSPS) is 16.9. The summed E-state index contributed by atoms with van der Waals surface area (Å²) in [5.41, 5.74) is 4.58. The second-order valence-electron chi connectivity index (χ2n) is 3.39. The van der Waals surface area contributed by atoms with Crippen LogP contribution < -0.4 is 11.1 Å². The van der Waals surface area contributed by atoms with E-state index in [0.717, 1.165) is 0 Å². The van der Waals surface area contributed by atoms with Gasteiger partial charge in [-0.05, 0) is 20.3 Å². The quantitative estimate of drug-likeness (QED) is 0.663. The molecular formula is C9H18N2O2S. The van der Waals surface area contributed by atoms with Gasteiger partial charge in [-0.3, -0.25) is 4.79 Å². The number of hydrogen-bond donors (Lipinski definition) is 2. The number of rotatable bonds is 5. The van der Waals surface area contributed by atoms with Crippen LogP contribution in [0.5, 0.6) is 0 Å². The molecule has 0 bridgehead atoms. The van der Waals surface area contributed by atoms with Crippen molar-refractivity contribution in [1.29, 1.82) is 0 Å². The maximum absolute atomic E-state index is 11.7. The first-order valence-electron chi connectivity index (χ1n) is 4.52. The van der Waals surface area contributed by atoms with Gasteiger partial charge in [0.25, 0.3) is 5.91 Å². The van der Waals surface area contributed by atoms with Crippen molar-refractivity contribution in [2.24, 2.45) is 5.73 Å². The van der Waals surface area contributed by atoms with Crippen molar-refractivity contribution in [1.82, 2.24) is 5.32 Å². The van der Waals surface area contributed by atoms with Crippen molar-refractivity contribution in [3.05, 3.63) is 0 Å². The van der Waals surface area contributed by atoms with Crippen molar-refractivity contribution in [2.45, 2.75) is 38.8 Å². The van der Waals surface area contributed by atoms with Crippen LogP contribution in [0.4, 0.5) is 0 Å². The lowest BCUT2D eigenvalue weighted by Gasteiger charge is -2.26. The van der Waals surface area contributed by atoms with E-state index in [2.05, 4.69) is 5.32 Å². The number of nitrogens with two attached hydrogens (primary N) is 1. The molecule has 0 aromatic heterocycles. The number of thiocarbonyl (C=S) groups is 1. The van der Waals surface area contributed by atoms with E-state index in [4.69, 9.17) is 22.7 Å². The number of hydrogen-bond acceptors (Lipinski definition) is 3. The minimum Gasteiger partial charge on any atom is -0.392 e. The lowest BCUT2D eigenvalue weighted by atomic mass is 10.0. The lowest BCUT2D eigenvalue weighted by molar-refractivity contribution is -0.142. The average Bonchev–Trinajstić information content (AvgIpc) is 2.16. The van der Waals surface area contributed by atoms with Crippen molar-refractivity contribution >= 4 is 23.1 Å². The fourth-order valence-electron chi connectivity index (χ4n) is 0.818. The Kier molecular flexibility index (Phi) is 5.01. The van der Waals surface area contributed by atoms with Gasteiger partial charge in [-0.1, -0.05) is 19.1 Å². The molecule has 2 atom stereocenters. The molecule has 0 aliphatic carbocycles. The second kappa shape index (κ2) is 5.26. The first-order chi connectivity index (χ1) is 6.37. The minimum absolute atomic E-state index is 0.192. The van der Waals surface area contributed by atoms with Gasteiger partial charge in [-0.25, -0.2) is 0 Å². The summed E-state index contributed by atoms with van der Waals surface area (Å²) >= 11 is 4.75. The predicted octanol–water partition coefficient (Wildman–Crippen LogP) is 0.592. The summed E-state index contributed by atoms with van der Waals surface area (Å²) in [7, 11) is 1.51. The SMILES string of the molecule is CCC(C)(OC)C(=O)NC(C)C(N)=S. The van der Waals surface area contributed by atoms with Crippen LogP contribution >= 0.6 is 12.2 Å². The van der Waals surface area contributed by atoms with Crippen LogP contribution in [0.2, 0.25) is 0 Å². The van der Waals surface area contributed by atoms with E-state index in [1.165, 1.54) is 7.11 Å². The fraction of sp³-hybridized carbons (Fsp3) is 0.778. The molecule has 2 unspecified atom stereocenters. The van der Waals surface area contributed by atoms with Crippen LogP contribution in [-0.4, -0.2) is 29.6 Å². The number of nitrogens with one attached hydrogen (secondary N) is 1. The highest BCUT2D eigenvalue weighted by molar-refractivity contribution is 7.80. The molecule has 3 N–H and O–H groups in total. The molecule has 1 amide bonds. The highest BCUT2D eigenvalue weighted by atomic mass is 32.1. The summed E-state index contributed by atoms with van der Waals surface area (Å²) in [5, 5.41) is 2.69. The molecule has 82 valence electrons. The van der Waals surface area contributed by atoms with Gasteiger partial charge in [0, 0.05) is 7.11 Å². The molecule has 0 fully saturated rings. The third kappa shape index (κ3) is 3.23. The van der Waals surface area contributed by atoms with Gasteiger partial charge in [-0.2, -0.15) is 0 Å². The summed E-state index contributed by atoms with van der Waals surface area (Å²) in [6, 6.07) is -0.307. The molecule has 0 aliphatic heterocycles. The Morgan fingerprint density at radius 1 is 1.71 bits per heavy atom. The summed E-state index contributed by atoms with van der Waals surface area (Å²) in [6.07, 6.45) is 0.597.